The topological polar surface area (TPSA) is 63.4 Å². The Hall–Kier alpha value is -2.10. The molecule has 0 aliphatic heterocycles. The summed E-state index contributed by atoms with van der Waals surface area (Å²) in [6.45, 7) is 7.09. The van der Waals surface area contributed by atoms with Crippen LogP contribution in [0.2, 0.25) is 0 Å². The van der Waals surface area contributed by atoms with Gasteiger partial charge in [-0.3, -0.25) is 10.1 Å². The van der Waals surface area contributed by atoms with Crippen LogP contribution in [0.25, 0.3) is 0 Å². The second kappa shape index (κ2) is 5.11. The number of hydrogen-bond acceptors (Lipinski definition) is 3. The van der Waals surface area contributed by atoms with Crippen LogP contribution in [0.4, 0.5) is 5.69 Å². The minimum absolute atomic E-state index is 0.0218. The number of nitrogens with zero attached hydrogens (tertiary/aromatic N) is 1. The summed E-state index contributed by atoms with van der Waals surface area (Å²) in [7, 11) is 0. The normalized spacial score (nSPS) is 9.75. The zero-order valence-electron chi connectivity index (χ0n) is 8.85. The fourth-order valence-corrected chi connectivity index (χ4v) is 1.47. The number of phenols is 1. The van der Waals surface area contributed by atoms with Crippen LogP contribution < -0.4 is 0 Å². The molecule has 84 valence electrons. The minimum atomic E-state index is -0.474. The summed E-state index contributed by atoms with van der Waals surface area (Å²) in [6, 6.07) is 2.73. The molecule has 1 aromatic carbocycles. The first kappa shape index (κ1) is 12.0. The molecule has 0 saturated carbocycles. The van der Waals surface area contributed by atoms with Crippen molar-refractivity contribution in [3.8, 4) is 5.75 Å². The van der Waals surface area contributed by atoms with Gasteiger partial charge in [0.05, 0.1) is 4.92 Å². The third-order valence-corrected chi connectivity index (χ3v) is 2.19. The number of rotatable bonds is 5. The first-order valence-electron chi connectivity index (χ1n) is 4.81. The number of allylic oxidation sites excluding steroid dienone is 2. The van der Waals surface area contributed by atoms with Gasteiger partial charge in [-0.15, -0.1) is 13.2 Å². The maximum atomic E-state index is 10.7. The van der Waals surface area contributed by atoms with Gasteiger partial charge in [0.25, 0.3) is 5.69 Å². The molecule has 0 aliphatic carbocycles. The maximum absolute atomic E-state index is 10.7. The number of hydrogen-bond donors (Lipinski definition) is 1. The van der Waals surface area contributed by atoms with Gasteiger partial charge in [-0.2, -0.15) is 0 Å². The van der Waals surface area contributed by atoms with Gasteiger partial charge >= 0.3 is 0 Å². The van der Waals surface area contributed by atoms with Gasteiger partial charge in [-0.05, 0) is 12.8 Å². The lowest BCUT2D eigenvalue weighted by Crippen LogP contribution is -1.95. The van der Waals surface area contributed by atoms with E-state index in [2.05, 4.69) is 13.2 Å². The van der Waals surface area contributed by atoms with Gasteiger partial charge in [0, 0.05) is 23.3 Å². The monoisotopic (exact) mass is 219 g/mol. The second-order valence-corrected chi connectivity index (χ2v) is 3.36. The smallest absolute Gasteiger partial charge is 0.270 e. The van der Waals surface area contributed by atoms with E-state index in [0.29, 0.717) is 24.0 Å². The van der Waals surface area contributed by atoms with Crippen molar-refractivity contribution in [2.45, 2.75) is 12.8 Å². The van der Waals surface area contributed by atoms with E-state index in [1.807, 2.05) is 0 Å². The van der Waals surface area contributed by atoms with Crippen LogP contribution >= 0.6 is 0 Å². The molecule has 1 aromatic rings. The van der Waals surface area contributed by atoms with Crippen molar-refractivity contribution in [1.82, 2.24) is 0 Å². The van der Waals surface area contributed by atoms with Crippen molar-refractivity contribution < 1.29 is 10.0 Å². The number of nitro groups is 1. The van der Waals surface area contributed by atoms with E-state index in [1.54, 1.807) is 12.2 Å². The van der Waals surface area contributed by atoms with Crippen LogP contribution in [0.5, 0.6) is 5.75 Å². The lowest BCUT2D eigenvalue weighted by atomic mass is 10.0. The van der Waals surface area contributed by atoms with Crippen molar-refractivity contribution >= 4 is 5.69 Å². The van der Waals surface area contributed by atoms with Gasteiger partial charge in [0.15, 0.2) is 0 Å². The molecule has 0 aliphatic rings. The van der Waals surface area contributed by atoms with Gasteiger partial charge in [0.2, 0.25) is 0 Å². The largest absolute Gasteiger partial charge is 0.507 e. The zero-order valence-corrected chi connectivity index (χ0v) is 8.85. The lowest BCUT2D eigenvalue weighted by Gasteiger charge is -2.07. The molecule has 0 spiro atoms. The Morgan fingerprint density at radius 3 is 2.00 bits per heavy atom. The highest BCUT2D eigenvalue weighted by Gasteiger charge is 2.14. The second-order valence-electron chi connectivity index (χ2n) is 3.36. The molecule has 4 heteroatoms. The van der Waals surface area contributed by atoms with E-state index in [4.69, 9.17) is 0 Å². The first-order chi connectivity index (χ1) is 7.60. The summed E-state index contributed by atoms with van der Waals surface area (Å²) in [5.41, 5.74) is 1.01. The molecule has 0 atom stereocenters. The zero-order chi connectivity index (χ0) is 12.1. The third-order valence-electron chi connectivity index (χ3n) is 2.19. The Balaban J connectivity index is 3.31. The molecule has 0 unspecified atom stereocenters. The quantitative estimate of drug-likeness (QED) is 0.470. The summed E-state index contributed by atoms with van der Waals surface area (Å²) in [6.07, 6.45) is 3.99. The van der Waals surface area contributed by atoms with Crippen molar-refractivity contribution in [3.05, 3.63) is 58.7 Å². The van der Waals surface area contributed by atoms with Crippen molar-refractivity contribution in [1.29, 1.82) is 0 Å². The van der Waals surface area contributed by atoms with Crippen LogP contribution in [0.1, 0.15) is 11.1 Å². The van der Waals surface area contributed by atoms with E-state index >= 15 is 0 Å². The molecule has 0 fully saturated rings. The number of phenolic OH excluding ortho intramolecular Hbond substituents is 1. The Bertz CT molecular complexity index is 407. The fourth-order valence-electron chi connectivity index (χ4n) is 1.47. The molecule has 0 radical (unpaired) electrons. The summed E-state index contributed by atoms with van der Waals surface area (Å²) in [4.78, 5) is 10.2. The van der Waals surface area contributed by atoms with Gasteiger partial charge in [0.1, 0.15) is 5.75 Å². The SMILES string of the molecule is C=CCc1cc([N+](=O)[O-])cc(CC=C)c1O. The predicted octanol–water partition coefficient (Wildman–Crippen LogP) is 2.76. The highest BCUT2D eigenvalue weighted by molar-refractivity contribution is 5.50. The summed E-state index contributed by atoms with van der Waals surface area (Å²) >= 11 is 0. The summed E-state index contributed by atoms with van der Waals surface area (Å²) < 4.78 is 0. The van der Waals surface area contributed by atoms with E-state index in [9.17, 15) is 15.2 Å². The van der Waals surface area contributed by atoms with Crippen molar-refractivity contribution in [3.63, 3.8) is 0 Å². The molecule has 0 heterocycles. The van der Waals surface area contributed by atoms with Crippen molar-refractivity contribution in [2.75, 3.05) is 0 Å². The number of aromatic hydroxyl groups is 1. The van der Waals surface area contributed by atoms with Crippen LogP contribution in [-0.4, -0.2) is 10.0 Å². The molecule has 1 N–H and O–H groups in total. The number of benzene rings is 1. The predicted molar refractivity (Wildman–Crippen MR) is 62.6 cm³/mol. The summed E-state index contributed by atoms with van der Waals surface area (Å²) in [5.74, 6) is 0.0883. The van der Waals surface area contributed by atoms with E-state index in [1.165, 1.54) is 12.1 Å². The highest BCUT2D eigenvalue weighted by atomic mass is 16.6. The summed E-state index contributed by atoms with van der Waals surface area (Å²) in [5, 5.41) is 20.5. The Kier molecular flexibility index (Phi) is 3.83. The molecule has 4 nitrogen and oxygen atoms in total. The van der Waals surface area contributed by atoms with E-state index < -0.39 is 4.92 Å². The number of nitro benzene ring substituents is 1. The molecule has 0 saturated heterocycles. The van der Waals surface area contributed by atoms with Crippen LogP contribution in [0.15, 0.2) is 37.4 Å². The molecule has 1 rings (SSSR count). The third kappa shape index (κ3) is 2.48. The Morgan fingerprint density at radius 1 is 1.25 bits per heavy atom. The molecule has 0 amide bonds. The molecule has 0 bridgehead atoms. The highest BCUT2D eigenvalue weighted by Crippen LogP contribution is 2.29. The fraction of sp³-hybridized carbons (Fsp3) is 0.167. The molecule has 0 aromatic heterocycles. The van der Waals surface area contributed by atoms with Crippen LogP contribution in [-0.2, 0) is 12.8 Å². The van der Waals surface area contributed by atoms with Crippen molar-refractivity contribution in [2.24, 2.45) is 0 Å². The van der Waals surface area contributed by atoms with E-state index in [0.717, 1.165) is 0 Å². The van der Waals surface area contributed by atoms with Gasteiger partial charge in [-0.25, -0.2) is 0 Å². The van der Waals surface area contributed by atoms with Crippen LogP contribution in [0.3, 0.4) is 0 Å². The molecular weight excluding hydrogens is 206 g/mol. The average molecular weight is 219 g/mol. The Morgan fingerprint density at radius 2 is 1.69 bits per heavy atom. The van der Waals surface area contributed by atoms with E-state index in [-0.39, 0.29) is 11.4 Å². The lowest BCUT2D eigenvalue weighted by molar-refractivity contribution is -0.385. The minimum Gasteiger partial charge on any atom is -0.507 e. The standard InChI is InChI=1S/C12H13NO3/c1-3-5-9-7-11(13(15)16)8-10(6-4-2)12(9)14/h3-4,7-8,14H,1-2,5-6H2. The Labute approximate surface area is 93.7 Å². The average Bonchev–Trinajstić information content (AvgIpc) is 2.24. The molecular formula is C12H13NO3. The number of non-ortho nitro benzene ring substituents is 1. The maximum Gasteiger partial charge on any atom is 0.270 e. The first-order valence-corrected chi connectivity index (χ1v) is 4.81. The van der Waals surface area contributed by atoms with Crippen LogP contribution in [0, 0.1) is 10.1 Å². The van der Waals surface area contributed by atoms with Gasteiger partial charge < -0.3 is 5.11 Å². The van der Waals surface area contributed by atoms with Gasteiger partial charge in [-0.1, -0.05) is 12.2 Å². The molecule has 16 heavy (non-hydrogen) atoms.